The summed E-state index contributed by atoms with van der Waals surface area (Å²) in [6.45, 7) is 5.98. The van der Waals surface area contributed by atoms with Crippen molar-refractivity contribution in [3.05, 3.63) is 22.2 Å². The Labute approximate surface area is 138 Å². The molecule has 0 radical (unpaired) electrons. The minimum Gasteiger partial charge on any atom is -0.323 e. The van der Waals surface area contributed by atoms with E-state index in [0.29, 0.717) is 0 Å². The van der Waals surface area contributed by atoms with E-state index in [4.69, 9.17) is 28.3 Å². The average molecular weight is 371 g/mol. The number of nitrogens with one attached hydrogen (secondary N) is 1. The average Bonchev–Trinajstić information content (AvgIpc) is 2.29. The van der Waals surface area contributed by atoms with Gasteiger partial charge in [0.1, 0.15) is 0 Å². The van der Waals surface area contributed by atoms with Gasteiger partial charge in [-0.1, -0.05) is 44.0 Å². The molecule has 0 saturated carbocycles. The predicted octanol–water partition coefficient (Wildman–Crippen LogP) is 3.11. The van der Waals surface area contributed by atoms with Crippen LogP contribution in [-0.4, -0.2) is 24.8 Å². The predicted molar refractivity (Wildman–Crippen MR) is 88.7 cm³/mol. The van der Waals surface area contributed by atoms with Gasteiger partial charge in [-0.3, -0.25) is 4.79 Å². The van der Waals surface area contributed by atoms with Gasteiger partial charge in [-0.2, -0.15) is 0 Å². The van der Waals surface area contributed by atoms with E-state index in [1.807, 2.05) is 20.8 Å². The highest BCUT2D eigenvalue weighted by Gasteiger charge is 2.18. The number of hydrogen-bond acceptors (Lipinski definition) is 4. The highest BCUT2D eigenvalue weighted by atomic mass is 35.5. The molecule has 0 bridgehead atoms. The van der Waals surface area contributed by atoms with E-state index in [1.54, 1.807) is 0 Å². The SMILES string of the molecule is CC(C)(C)SCC(=O)Nc1c(Cl)cc(S(N)(=O)=O)cc1Cl. The Morgan fingerprint density at radius 3 is 2.14 bits per heavy atom. The molecule has 0 aliphatic rings. The molecule has 5 nitrogen and oxygen atoms in total. The molecule has 0 aromatic heterocycles. The van der Waals surface area contributed by atoms with E-state index >= 15 is 0 Å². The van der Waals surface area contributed by atoms with E-state index in [-0.39, 0.29) is 37.0 Å². The first-order valence-electron chi connectivity index (χ1n) is 5.86. The van der Waals surface area contributed by atoms with Gasteiger partial charge < -0.3 is 5.32 Å². The molecule has 1 aromatic rings. The highest BCUT2D eigenvalue weighted by Crippen LogP contribution is 2.33. The van der Waals surface area contributed by atoms with Gasteiger partial charge >= 0.3 is 0 Å². The van der Waals surface area contributed by atoms with Crippen LogP contribution in [0.2, 0.25) is 10.0 Å². The molecule has 3 N–H and O–H groups in total. The summed E-state index contributed by atoms with van der Waals surface area (Å²) in [5.74, 6) is -0.0466. The number of primary sulfonamides is 1. The lowest BCUT2D eigenvalue weighted by atomic mass is 10.3. The van der Waals surface area contributed by atoms with Gasteiger partial charge in [-0.05, 0) is 12.1 Å². The summed E-state index contributed by atoms with van der Waals surface area (Å²) in [4.78, 5) is 11.6. The van der Waals surface area contributed by atoms with Crippen LogP contribution in [0.3, 0.4) is 0 Å². The fraction of sp³-hybridized carbons (Fsp3) is 0.417. The Balaban J connectivity index is 2.93. The van der Waals surface area contributed by atoms with Crippen molar-refractivity contribution in [1.29, 1.82) is 0 Å². The highest BCUT2D eigenvalue weighted by molar-refractivity contribution is 8.01. The number of sulfonamides is 1. The number of hydrogen-bond donors (Lipinski definition) is 2. The van der Waals surface area contributed by atoms with Crippen molar-refractivity contribution in [2.24, 2.45) is 5.14 Å². The molecular formula is C12H16Cl2N2O3S2. The minimum absolute atomic E-state index is 0.0145. The van der Waals surface area contributed by atoms with Crippen LogP contribution in [0.5, 0.6) is 0 Å². The molecule has 21 heavy (non-hydrogen) atoms. The van der Waals surface area contributed by atoms with Crippen LogP contribution in [0, 0.1) is 0 Å². The maximum absolute atomic E-state index is 11.9. The van der Waals surface area contributed by atoms with E-state index < -0.39 is 10.0 Å². The van der Waals surface area contributed by atoms with E-state index in [2.05, 4.69) is 5.32 Å². The van der Waals surface area contributed by atoms with E-state index in [9.17, 15) is 13.2 Å². The van der Waals surface area contributed by atoms with Crippen molar-refractivity contribution in [1.82, 2.24) is 0 Å². The third kappa shape index (κ3) is 6.04. The molecule has 1 rings (SSSR count). The molecule has 1 amide bonds. The van der Waals surface area contributed by atoms with Crippen molar-refractivity contribution >= 4 is 56.6 Å². The molecule has 0 unspecified atom stereocenters. The van der Waals surface area contributed by atoms with Crippen molar-refractivity contribution in [3.63, 3.8) is 0 Å². The Kier molecular flexibility index (Phi) is 5.97. The number of amides is 1. The topological polar surface area (TPSA) is 89.3 Å². The Morgan fingerprint density at radius 1 is 1.29 bits per heavy atom. The van der Waals surface area contributed by atoms with Crippen LogP contribution in [0.1, 0.15) is 20.8 Å². The summed E-state index contributed by atoms with van der Waals surface area (Å²) >= 11 is 13.4. The lowest BCUT2D eigenvalue weighted by Crippen LogP contribution is -2.19. The maximum atomic E-state index is 11.9. The van der Waals surface area contributed by atoms with Crippen LogP contribution >= 0.6 is 35.0 Å². The Morgan fingerprint density at radius 2 is 1.76 bits per heavy atom. The first kappa shape index (κ1) is 18.6. The fourth-order valence-corrected chi connectivity index (χ4v) is 3.20. The largest absolute Gasteiger partial charge is 0.323 e. The van der Waals surface area contributed by atoms with Crippen molar-refractivity contribution in [2.75, 3.05) is 11.1 Å². The molecule has 118 valence electrons. The van der Waals surface area contributed by atoms with E-state index in [0.717, 1.165) is 12.1 Å². The first-order chi connectivity index (χ1) is 9.40. The smallest absolute Gasteiger partial charge is 0.238 e. The zero-order valence-electron chi connectivity index (χ0n) is 11.7. The zero-order valence-corrected chi connectivity index (χ0v) is 14.9. The molecule has 0 saturated heterocycles. The number of halogens is 2. The zero-order chi connectivity index (χ0) is 16.4. The van der Waals surface area contributed by atoms with Gasteiger partial charge in [0.25, 0.3) is 0 Å². The lowest BCUT2D eigenvalue weighted by Gasteiger charge is -2.17. The van der Waals surface area contributed by atoms with Crippen LogP contribution in [0.25, 0.3) is 0 Å². The molecule has 0 heterocycles. The number of thioether (sulfide) groups is 1. The van der Waals surface area contributed by atoms with Gasteiger partial charge in [0, 0.05) is 4.75 Å². The summed E-state index contributed by atoms with van der Waals surface area (Å²) in [6.07, 6.45) is 0. The van der Waals surface area contributed by atoms with Crippen molar-refractivity contribution < 1.29 is 13.2 Å². The number of carbonyl (C=O) groups is 1. The Hall–Kier alpha value is -0.470. The normalized spacial score (nSPS) is 12.3. The lowest BCUT2D eigenvalue weighted by molar-refractivity contribution is -0.113. The number of benzene rings is 1. The third-order valence-electron chi connectivity index (χ3n) is 2.24. The van der Waals surface area contributed by atoms with Crippen LogP contribution in [-0.2, 0) is 14.8 Å². The molecule has 1 aromatic carbocycles. The van der Waals surface area contributed by atoms with Gasteiger partial charge in [0.2, 0.25) is 15.9 Å². The van der Waals surface area contributed by atoms with E-state index in [1.165, 1.54) is 11.8 Å². The van der Waals surface area contributed by atoms with Gasteiger partial charge in [0.05, 0.1) is 26.4 Å². The second-order valence-corrected chi connectivity index (χ2v) is 9.43. The number of anilines is 1. The summed E-state index contributed by atoms with van der Waals surface area (Å²) in [6, 6.07) is 2.30. The quantitative estimate of drug-likeness (QED) is 0.851. The second kappa shape index (κ2) is 6.75. The third-order valence-corrected chi connectivity index (χ3v) is 5.01. The summed E-state index contributed by atoms with van der Waals surface area (Å²) < 4.78 is 22.5. The standard InChI is InChI=1S/C12H16Cl2N2O3S2/c1-12(2,3)20-6-10(17)16-11-8(13)4-7(5-9(11)14)21(15,18)19/h4-5H,6H2,1-3H3,(H,16,17)(H2,15,18,19). The van der Waals surface area contributed by atoms with Crippen LogP contribution in [0.15, 0.2) is 17.0 Å². The Bertz CT molecular complexity index is 632. The first-order valence-corrected chi connectivity index (χ1v) is 9.14. The molecule has 9 heteroatoms. The van der Waals surface area contributed by atoms with Crippen LogP contribution < -0.4 is 10.5 Å². The number of nitrogens with two attached hydrogens (primary N) is 1. The molecule has 0 aliphatic heterocycles. The molecule has 0 aliphatic carbocycles. The molecule has 0 spiro atoms. The fourth-order valence-electron chi connectivity index (χ4n) is 1.29. The molecule has 0 fully saturated rings. The second-order valence-electron chi connectivity index (χ2n) is 5.26. The van der Waals surface area contributed by atoms with Gasteiger partial charge in [-0.25, -0.2) is 13.6 Å². The summed E-state index contributed by atoms with van der Waals surface area (Å²) in [5.41, 5.74) is 0.172. The van der Waals surface area contributed by atoms with Crippen molar-refractivity contribution in [3.8, 4) is 0 Å². The molecular weight excluding hydrogens is 355 g/mol. The van der Waals surface area contributed by atoms with Gasteiger partial charge in [0.15, 0.2) is 0 Å². The number of rotatable bonds is 4. The maximum Gasteiger partial charge on any atom is 0.238 e. The summed E-state index contributed by atoms with van der Waals surface area (Å²) in [7, 11) is -3.91. The van der Waals surface area contributed by atoms with Gasteiger partial charge in [-0.15, -0.1) is 11.8 Å². The minimum atomic E-state index is -3.91. The van der Waals surface area contributed by atoms with Crippen molar-refractivity contribution in [2.45, 2.75) is 30.4 Å². The monoisotopic (exact) mass is 370 g/mol. The summed E-state index contributed by atoms with van der Waals surface area (Å²) in [5, 5.41) is 7.61. The van der Waals surface area contributed by atoms with Crippen LogP contribution in [0.4, 0.5) is 5.69 Å². The number of carbonyl (C=O) groups excluding carboxylic acids is 1. The molecule has 0 atom stereocenters.